The van der Waals surface area contributed by atoms with E-state index in [9.17, 15) is 13.2 Å². The van der Waals surface area contributed by atoms with Gasteiger partial charge < -0.3 is 20.9 Å². The van der Waals surface area contributed by atoms with Crippen LogP contribution < -0.4 is 16.4 Å². The molecule has 2 heterocycles. The van der Waals surface area contributed by atoms with Gasteiger partial charge in [-0.05, 0) is 73.2 Å². The van der Waals surface area contributed by atoms with Crippen molar-refractivity contribution in [2.45, 2.75) is 20.0 Å². The molecule has 0 unspecified atom stereocenters. The van der Waals surface area contributed by atoms with Crippen molar-refractivity contribution in [1.82, 2.24) is 19.5 Å². The molecule has 0 aliphatic rings. The van der Waals surface area contributed by atoms with Gasteiger partial charge in [0.1, 0.15) is 0 Å². The summed E-state index contributed by atoms with van der Waals surface area (Å²) in [6.45, 7) is 11.6. The molecule has 0 radical (unpaired) electrons. The van der Waals surface area contributed by atoms with E-state index >= 15 is 0 Å². The highest BCUT2D eigenvalue weighted by Gasteiger charge is 2.31. The summed E-state index contributed by atoms with van der Waals surface area (Å²) in [6, 6.07) is 11.0. The second kappa shape index (κ2) is 11.7. The predicted molar refractivity (Wildman–Crippen MR) is 154 cm³/mol. The Labute approximate surface area is 230 Å². The lowest BCUT2D eigenvalue weighted by molar-refractivity contribution is -0.137. The first kappa shape index (κ1) is 27.9. The monoisotopic (exact) mass is 543 g/mol. The van der Waals surface area contributed by atoms with Crippen LogP contribution in [0, 0.1) is 13.8 Å². The number of halogens is 3. The van der Waals surface area contributed by atoms with Gasteiger partial charge in [0.05, 0.1) is 23.3 Å². The number of hydrogen-bond donors (Lipinski definition) is 3. The van der Waals surface area contributed by atoms with Crippen LogP contribution in [0.2, 0.25) is 0 Å². The van der Waals surface area contributed by atoms with Gasteiger partial charge in [0.25, 0.3) is 0 Å². The summed E-state index contributed by atoms with van der Waals surface area (Å²) >= 11 is 0. The van der Waals surface area contributed by atoms with E-state index in [4.69, 9.17) is 5.73 Å². The van der Waals surface area contributed by atoms with Crippen LogP contribution >= 0.6 is 0 Å². The molecule has 0 fully saturated rings. The third-order valence-corrected chi connectivity index (χ3v) is 5.94. The lowest BCUT2D eigenvalue weighted by Gasteiger charge is -2.17. The zero-order chi connectivity index (χ0) is 28.9. The van der Waals surface area contributed by atoms with Crippen molar-refractivity contribution >= 4 is 28.6 Å². The maximum Gasteiger partial charge on any atom is 0.416 e. The number of hydrogen-bond acceptors (Lipinski definition) is 6. The Morgan fingerprint density at radius 2 is 1.88 bits per heavy atom. The standard InChI is InChI=1S/C30H28F3N7/c1-5-22(7-6-11-34)27-10-12-35-29(38-27)39-28-13-23(9-8-19(28)2)21(4)37-25-14-24(30(31,32)33)15-26(16-25)40-17-20(3)36-18-40/h5-18,37H,1,4,34H2,2-3H3,(H,35,38,39)/b11-6-,22-7+. The van der Waals surface area contributed by atoms with Crippen LogP contribution in [0.3, 0.4) is 0 Å². The maximum atomic E-state index is 13.7. The van der Waals surface area contributed by atoms with E-state index in [0.29, 0.717) is 40.0 Å². The molecule has 4 rings (SSSR count). The van der Waals surface area contributed by atoms with Crippen LogP contribution in [0.1, 0.15) is 28.1 Å². The number of nitrogens with zero attached hydrogens (tertiary/aromatic N) is 4. The van der Waals surface area contributed by atoms with E-state index < -0.39 is 11.7 Å². The van der Waals surface area contributed by atoms with Gasteiger partial charge in [-0.1, -0.05) is 37.4 Å². The highest BCUT2D eigenvalue weighted by Crippen LogP contribution is 2.34. The molecule has 0 aliphatic heterocycles. The highest BCUT2D eigenvalue weighted by atomic mass is 19.4. The maximum absolute atomic E-state index is 13.7. The Kier molecular flexibility index (Phi) is 8.18. The molecule has 0 aliphatic carbocycles. The van der Waals surface area contributed by atoms with Crippen LogP contribution in [-0.4, -0.2) is 19.5 Å². The molecule has 40 heavy (non-hydrogen) atoms. The number of aromatic nitrogens is 4. The Hall–Kier alpha value is -5.12. The average Bonchev–Trinajstić information content (AvgIpc) is 3.36. The van der Waals surface area contributed by atoms with Crippen LogP contribution in [0.4, 0.5) is 30.5 Å². The minimum atomic E-state index is -4.53. The van der Waals surface area contributed by atoms with Crippen molar-refractivity contribution in [3.05, 3.63) is 127 Å². The molecule has 0 bridgehead atoms. The van der Waals surface area contributed by atoms with Gasteiger partial charge in [0.2, 0.25) is 5.95 Å². The summed E-state index contributed by atoms with van der Waals surface area (Å²) < 4.78 is 42.6. The molecule has 4 N–H and O–H groups in total. The molecule has 7 nitrogen and oxygen atoms in total. The van der Waals surface area contributed by atoms with Gasteiger partial charge in [-0.25, -0.2) is 15.0 Å². The van der Waals surface area contributed by atoms with E-state index in [-0.39, 0.29) is 5.69 Å². The number of imidazole rings is 1. The fourth-order valence-corrected chi connectivity index (χ4v) is 3.87. The van der Waals surface area contributed by atoms with Crippen molar-refractivity contribution in [3.63, 3.8) is 0 Å². The Balaban J connectivity index is 1.61. The zero-order valence-corrected chi connectivity index (χ0v) is 22.0. The highest BCUT2D eigenvalue weighted by molar-refractivity contribution is 5.79. The van der Waals surface area contributed by atoms with Crippen LogP contribution in [0.25, 0.3) is 17.0 Å². The Morgan fingerprint density at radius 3 is 2.55 bits per heavy atom. The lowest BCUT2D eigenvalue weighted by atomic mass is 10.1. The molecule has 0 saturated heterocycles. The van der Waals surface area contributed by atoms with Crippen molar-refractivity contribution in [1.29, 1.82) is 0 Å². The van der Waals surface area contributed by atoms with Crippen molar-refractivity contribution < 1.29 is 13.2 Å². The van der Waals surface area contributed by atoms with Gasteiger partial charge in [0.15, 0.2) is 0 Å². The van der Waals surface area contributed by atoms with E-state index in [1.54, 1.807) is 54.2 Å². The first-order chi connectivity index (χ1) is 19.1. The molecule has 2 aromatic heterocycles. The number of aryl methyl sites for hydroxylation is 2. The van der Waals surface area contributed by atoms with Crippen molar-refractivity contribution in [2.24, 2.45) is 5.73 Å². The zero-order valence-electron chi connectivity index (χ0n) is 22.0. The number of rotatable bonds is 9. The van der Waals surface area contributed by atoms with E-state index in [2.05, 4.69) is 38.7 Å². The third kappa shape index (κ3) is 6.65. The predicted octanol–water partition coefficient (Wildman–Crippen LogP) is 7.17. The summed E-state index contributed by atoms with van der Waals surface area (Å²) in [5, 5.41) is 6.24. The Morgan fingerprint density at radius 1 is 1.07 bits per heavy atom. The van der Waals surface area contributed by atoms with Crippen LogP contribution in [0.15, 0.2) is 98.8 Å². The number of nitrogens with two attached hydrogens (primary N) is 1. The van der Waals surface area contributed by atoms with Crippen LogP contribution in [0.5, 0.6) is 0 Å². The molecule has 4 aromatic rings. The largest absolute Gasteiger partial charge is 0.416 e. The van der Waals surface area contributed by atoms with Crippen LogP contribution in [-0.2, 0) is 6.18 Å². The summed E-state index contributed by atoms with van der Waals surface area (Å²) in [5.74, 6) is 0.360. The fraction of sp³-hybridized carbons (Fsp3) is 0.100. The molecule has 0 amide bonds. The third-order valence-electron chi connectivity index (χ3n) is 5.94. The van der Waals surface area contributed by atoms with Gasteiger partial charge in [0, 0.05) is 35.2 Å². The average molecular weight is 544 g/mol. The smallest absolute Gasteiger partial charge is 0.405 e. The molecule has 10 heteroatoms. The fourth-order valence-electron chi connectivity index (χ4n) is 3.87. The molecule has 0 saturated carbocycles. The van der Waals surface area contributed by atoms with Gasteiger partial charge in [-0.3, -0.25) is 0 Å². The number of anilines is 3. The second-order valence-corrected chi connectivity index (χ2v) is 8.92. The second-order valence-electron chi connectivity index (χ2n) is 8.92. The van der Waals surface area contributed by atoms with Gasteiger partial charge in [-0.2, -0.15) is 13.2 Å². The van der Waals surface area contributed by atoms with E-state index in [1.165, 1.54) is 12.5 Å². The van der Waals surface area contributed by atoms with E-state index in [0.717, 1.165) is 23.3 Å². The SMILES string of the molecule is C=C/C(=C\C=C/N)c1ccnc(Nc2cc(C(=C)Nc3cc(-n4cnc(C)c4)cc(C(F)(F)F)c3)ccc2C)n1. The quantitative estimate of drug-likeness (QED) is 0.194. The van der Waals surface area contributed by atoms with E-state index in [1.807, 2.05) is 25.1 Å². The van der Waals surface area contributed by atoms with Crippen molar-refractivity contribution in [3.8, 4) is 5.69 Å². The first-order valence-corrected chi connectivity index (χ1v) is 12.2. The topological polar surface area (TPSA) is 93.7 Å². The van der Waals surface area contributed by atoms with Gasteiger partial charge in [-0.15, -0.1) is 0 Å². The minimum absolute atomic E-state index is 0.238. The number of benzene rings is 2. The minimum Gasteiger partial charge on any atom is -0.405 e. The summed E-state index contributed by atoms with van der Waals surface area (Å²) in [5.41, 5.74) is 10.0. The number of alkyl halides is 3. The first-order valence-electron chi connectivity index (χ1n) is 12.2. The number of nitrogens with one attached hydrogen (secondary N) is 2. The molecular weight excluding hydrogens is 515 g/mol. The molecule has 204 valence electrons. The summed E-state index contributed by atoms with van der Waals surface area (Å²) in [6.07, 6.45) is 6.78. The Bertz CT molecular complexity index is 1610. The van der Waals surface area contributed by atoms with Gasteiger partial charge >= 0.3 is 6.18 Å². The molecule has 0 spiro atoms. The summed E-state index contributed by atoms with van der Waals surface area (Å²) in [4.78, 5) is 13.0. The van der Waals surface area contributed by atoms with Crippen molar-refractivity contribution in [2.75, 3.05) is 10.6 Å². The molecule has 2 aromatic carbocycles. The molecular formula is C30H28F3N7. The number of allylic oxidation sites excluding steroid dienone is 4. The normalized spacial score (nSPS) is 12.0. The lowest BCUT2D eigenvalue weighted by Crippen LogP contribution is -2.08. The summed E-state index contributed by atoms with van der Waals surface area (Å²) in [7, 11) is 0. The molecule has 0 atom stereocenters.